The summed E-state index contributed by atoms with van der Waals surface area (Å²) in [4.78, 5) is 29.2. The molecule has 2 aliphatic carbocycles. The highest BCUT2D eigenvalue weighted by atomic mass is 16.2. The van der Waals surface area contributed by atoms with E-state index < -0.39 is 5.41 Å². The van der Waals surface area contributed by atoms with Crippen LogP contribution in [0.5, 0.6) is 0 Å². The zero-order valence-corrected chi connectivity index (χ0v) is 14.1. The van der Waals surface area contributed by atoms with E-state index in [9.17, 15) is 9.59 Å². The fraction of sp³-hybridized carbons (Fsp3) is 0.421. The molecule has 25 heavy (non-hydrogen) atoms. The van der Waals surface area contributed by atoms with E-state index in [0.717, 1.165) is 30.5 Å². The monoisotopic (exact) mass is 338 g/mol. The van der Waals surface area contributed by atoms with Gasteiger partial charge in [-0.1, -0.05) is 18.6 Å². The number of hydrogen-bond acceptors (Lipinski definition) is 3. The van der Waals surface area contributed by atoms with Gasteiger partial charge in [0.05, 0.1) is 6.33 Å². The van der Waals surface area contributed by atoms with Gasteiger partial charge in [0.25, 0.3) is 0 Å². The van der Waals surface area contributed by atoms with Crippen LogP contribution in [-0.4, -0.2) is 27.4 Å². The van der Waals surface area contributed by atoms with Crippen molar-refractivity contribution in [1.29, 1.82) is 0 Å². The summed E-state index contributed by atoms with van der Waals surface area (Å²) in [5.74, 6) is -0.240. The lowest BCUT2D eigenvalue weighted by Gasteiger charge is -2.38. The number of nitrogens with zero attached hydrogens (tertiary/aromatic N) is 2. The maximum Gasteiger partial charge on any atom is 0.235 e. The summed E-state index contributed by atoms with van der Waals surface area (Å²) in [7, 11) is 0. The number of rotatable bonds is 6. The lowest BCUT2D eigenvalue weighted by Crippen LogP contribution is -2.55. The van der Waals surface area contributed by atoms with Crippen LogP contribution in [0, 0.1) is 5.41 Å². The predicted octanol–water partition coefficient (Wildman–Crippen LogP) is 1.94. The Morgan fingerprint density at radius 1 is 1.24 bits per heavy atom. The van der Waals surface area contributed by atoms with Gasteiger partial charge in [-0.15, -0.1) is 0 Å². The standard InChI is InChI=1S/C19H22N4O2/c24-17(19(7-2-8-19)18(25)22-15-5-6-15)21-12-14-3-1-4-16(11-14)23-10-9-20-13-23/h1,3-4,9-11,13,15H,2,5-8,12H2,(H,21,24)(H,22,25). The van der Waals surface area contributed by atoms with Crippen molar-refractivity contribution in [2.24, 2.45) is 5.41 Å². The normalized spacial score (nSPS) is 18.2. The van der Waals surface area contributed by atoms with Gasteiger partial charge in [-0.3, -0.25) is 9.59 Å². The van der Waals surface area contributed by atoms with Crippen LogP contribution in [0.4, 0.5) is 0 Å². The van der Waals surface area contributed by atoms with Crippen molar-refractivity contribution in [3.8, 4) is 5.69 Å². The molecular formula is C19H22N4O2. The molecule has 0 aliphatic heterocycles. The Hall–Kier alpha value is -2.63. The molecular weight excluding hydrogens is 316 g/mol. The Kier molecular flexibility index (Phi) is 4.03. The van der Waals surface area contributed by atoms with Gasteiger partial charge in [0, 0.05) is 30.7 Å². The minimum atomic E-state index is -0.857. The van der Waals surface area contributed by atoms with Gasteiger partial charge in [-0.05, 0) is 43.4 Å². The number of carbonyl (C=O) groups is 2. The first-order valence-electron chi connectivity index (χ1n) is 8.84. The second-order valence-corrected chi connectivity index (χ2v) is 7.01. The minimum absolute atomic E-state index is 0.0917. The molecule has 1 aromatic carbocycles. The highest BCUT2D eigenvalue weighted by molar-refractivity contribution is 6.06. The topological polar surface area (TPSA) is 76.0 Å². The second-order valence-electron chi connectivity index (χ2n) is 7.01. The first-order valence-corrected chi connectivity index (χ1v) is 8.84. The minimum Gasteiger partial charge on any atom is -0.352 e. The molecule has 2 aromatic rings. The quantitative estimate of drug-likeness (QED) is 0.790. The van der Waals surface area contributed by atoms with E-state index in [4.69, 9.17) is 0 Å². The number of nitrogens with one attached hydrogen (secondary N) is 2. The summed E-state index contributed by atoms with van der Waals surface area (Å²) in [6.07, 6.45) is 9.63. The molecule has 6 heteroatoms. The van der Waals surface area contributed by atoms with E-state index in [2.05, 4.69) is 15.6 Å². The largest absolute Gasteiger partial charge is 0.352 e. The molecule has 0 radical (unpaired) electrons. The Labute approximate surface area is 146 Å². The summed E-state index contributed by atoms with van der Waals surface area (Å²) in [5.41, 5.74) is 1.13. The van der Waals surface area contributed by atoms with E-state index in [0.29, 0.717) is 19.4 Å². The van der Waals surface area contributed by atoms with Crippen molar-refractivity contribution in [3.63, 3.8) is 0 Å². The number of aromatic nitrogens is 2. The third kappa shape index (κ3) is 3.16. The number of carbonyl (C=O) groups excluding carboxylic acids is 2. The number of benzene rings is 1. The van der Waals surface area contributed by atoms with Crippen LogP contribution in [0.3, 0.4) is 0 Å². The second kappa shape index (κ2) is 6.35. The zero-order chi connectivity index (χ0) is 17.3. The van der Waals surface area contributed by atoms with Crippen molar-refractivity contribution < 1.29 is 9.59 Å². The highest BCUT2D eigenvalue weighted by Gasteiger charge is 2.51. The Morgan fingerprint density at radius 3 is 2.72 bits per heavy atom. The molecule has 0 atom stereocenters. The average Bonchev–Trinajstić information content (AvgIpc) is 3.21. The molecule has 1 aromatic heterocycles. The van der Waals surface area contributed by atoms with Gasteiger partial charge in [0.1, 0.15) is 5.41 Å². The van der Waals surface area contributed by atoms with E-state index in [1.165, 1.54) is 0 Å². The van der Waals surface area contributed by atoms with Crippen LogP contribution in [0.2, 0.25) is 0 Å². The number of imidazole rings is 1. The van der Waals surface area contributed by atoms with Gasteiger partial charge in [0.15, 0.2) is 0 Å². The number of amides is 2. The first kappa shape index (κ1) is 15.9. The molecule has 2 amide bonds. The van der Waals surface area contributed by atoms with Gasteiger partial charge in [-0.25, -0.2) is 4.98 Å². The summed E-state index contributed by atoms with van der Waals surface area (Å²) in [6, 6.07) is 8.21. The summed E-state index contributed by atoms with van der Waals surface area (Å²) >= 11 is 0. The Bertz CT molecular complexity index is 776. The predicted molar refractivity (Wildman–Crippen MR) is 92.9 cm³/mol. The van der Waals surface area contributed by atoms with Gasteiger partial charge >= 0.3 is 0 Å². The third-order valence-corrected chi connectivity index (χ3v) is 5.16. The molecule has 2 aliphatic rings. The van der Waals surface area contributed by atoms with Crippen molar-refractivity contribution in [3.05, 3.63) is 48.5 Å². The van der Waals surface area contributed by atoms with E-state index in [1.54, 1.807) is 12.5 Å². The van der Waals surface area contributed by atoms with Crippen molar-refractivity contribution in [2.45, 2.75) is 44.7 Å². The molecule has 0 saturated heterocycles. The number of hydrogen-bond donors (Lipinski definition) is 2. The van der Waals surface area contributed by atoms with Crippen LogP contribution >= 0.6 is 0 Å². The van der Waals surface area contributed by atoms with Gasteiger partial charge in [0.2, 0.25) is 11.8 Å². The molecule has 2 saturated carbocycles. The maximum absolute atomic E-state index is 12.7. The van der Waals surface area contributed by atoms with Crippen LogP contribution in [0.1, 0.15) is 37.7 Å². The SMILES string of the molecule is O=C(NCc1cccc(-n2ccnc2)c1)C1(C(=O)NC2CC2)CCC1. The molecule has 6 nitrogen and oxygen atoms in total. The van der Waals surface area contributed by atoms with Crippen LogP contribution in [0.15, 0.2) is 43.0 Å². The molecule has 0 bridgehead atoms. The van der Waals surface area contributed by atoms with Crippen LogP contribution in [0.25, 0.3) is 5.69 Å². The summed E-state index contributed by atoms with van der Waals surface area (Å²) in [5, 5.41) is 5.96. The Balaban J connectivity index is 1.41. The van der Waals surface area contributed by atoms with Crippen molar-refractivity contribution in [1.82, 2.24) is 20.2 Å². The third-order valence-electron chi connectivity index (χ3n) is 5.16. The molecule has 0 spiro atoms. The molecule has 0 unspecified atom stereocenters. The smallest absolute Gasteiger partial charge is 0.235 e. The van der Waals surface area contributed by atoms with Gasteiger partial charge in [-0.2, -0.15) is 0 Å². The Morgan fingerprint density at radius 2 is 2.08 bits per heavy atom. The molecule has 4 rings (SSSR count). The summed E-state index contributed by atoms with van der Waals surface area (Å²) in [6.45, 7) is 0.416. The highest BCUT2D eigenvalue weighted by Crippen LogP contribution is 2.42. The van der Waals surface area contributed by atoms with E-state index >= 15 is 0 Å². The molecule has 2 fully saturated rings. The van der Waals surface area contributed by atoms with E-state index in [-0.39, 0.29) is 17.9 Å². The lowest BCUT2D eigenvalue weighted by molar-refractivity contribution is -0.149. The van der Waals surface area contributed by atoms with Gasteiger partial charge < -0.3 is 15.2 Å². The van der Waals surface area contributed by atoms with E-state index in [1.807, 2.05) is 35.0 Å². The summed E-state index contributed by atoms with van der Waals surface area (Å²) < 4.78 is 1.92. The van der Waals surface area contributed by atoms with Crippen molar-refractivity contribution in [2.75, 3.05) is 0 Å². The molecule has 1 heterocycles. The van der Waals surface area contributed by atoms with Crippen LogP contribution in [-0.2, 0) is 16.1 Å². The average molecular weight is 338 g/mol. The maximum atomic E-state index is 12.7. The fourth-order valence-electron chi connectivity index (χ4n) is 3.23. The molecule has 2 N–H and O–H groups in total. The fourth-order valence-corrected chi connectivity index (χ4v) is 3.23. The first-order chi connectivity index (χ1) is 12.2. The lowest BCUT2D eigenvalue weighted by atomic mass is 9.67. The van der Waals surface area contributed by atoms with Crippen molar-refractivity contribution >= 4 is 11.8 Å². The molecule has 130 valence electrons. The zero-order valence-electron chi connectivity index (χ0n) is 14.1. The van der Waals surface area contributed by atoms with Crippen LogP contribution < -0.4 is 10.6 Å².